The highest BCUT2D eigenvalue weighted by Gasteiger charge is 2.20. The van der Waals surface area contributed by atoms with Crippen LogP contribution >= 0.6 is 23.4 Å². The minimum Gasteiger partial charge on any atom is -0.497 e. The first-order valence-electron chi connectivity index (χ1n) is 11.5. The van der Waals surface area contributed by atoms with E-state index in [4.69, 9.17) is 21.1 Å². The van der Waals surface area contributed by atoms with Crippen molar-refractivity contribution in [3.05, 3.63) is 35.5 Å². The number of amides is 1. The molecule has 11 heteroatoms. The number of piperazine rings is 1. The van der Waals surface area contributed by atoms with Crippen LogP contribution in [0.25, 0.3) is 0 Å². The standard InChI is InChI=1S/C23H31ClN6O3S/c1-32-19-4-2-18(3-5-19)29-8-10-30(11-9-29)21-16-20(24)26-23(27-21)34-17-22(31)25-6-7-28-12-14-33-15-13-28/h2-5,16H,6-15,17H2,1H3,(H,25,31). The first-order chi connectivity index (χ1) is 16.6. The number of benzene rings is 1. The normalized spacial score (nSPS) is 17.0. The smallest absolute Gasteiger partial charge is 0.230 e. The molecule has 0 radical (unpaired) electrons. The fourth-order valence-corrected chi connectivity index (χ4v) is 4.87. The third-order valence-corrected chi connectivity index (χ3v) is 6.93. The topological polar surface area (TPSA) is 83.1 Å². The average molecular weight is 507 g/mol. The van der Waals surface area contributed by atoms with Gasteiger partial charge in [0.15, 0.2) is 5.16 Å². The number of thioether (sulfide) groups is 1. The lowest BCUT2D eigenvalue weighted by atomic mass is 10.2. The third-order valence-electron chi connectivity index (χ3n) is 5.89. The molecule has 0 saturated carbocycles. The Morgan fingerprint density at radius 1 is 1.09 bits per heavy atom. The number of nitrogens with zero attached hydrogens (tertiary/aromatic N) is 5. The molecule has 0 unspecified atom stereocenters. The summed E-state index contributed by atoms with van der Waals surface area (Å²) in [6.07, 6.45) is 0. The second-order valence-corrected chi connectivity index (χ2v) is 9.43. The molecular formula is C23H31ClN6O3S. The molecule has 1 aromatic heterocycles. The summed E-state index contributed by atoms with van der Waals surface area (Å²) in [5, 5.41) is 3.87. The Bertz CT molecular complexity index is 937. The molecule has 34 heavy (non-hydrogen) atoms. The van der Waals surface area contributed by atoms with Crippen molar-refractivity contribution in [1.82, 2.24) is 20.2 Å². The molecule has 0 atom stereocenters. The number of morpholine rings is 1. The molecule has 1 N–H and O–H groups in total. The van der Waals surface area contributed by atoms with E-state index in [1.807, 2.05) is 12.1 Å². The van der Waals surface area contributed by atoms with Crippen LogP contribution in [-0.4, -0.2) is 99.2 Å². The van der Waals surface area contributed by atoms with Crippen molar-refractivity contribution >= 4 is 40.8 Å². The van der Waals surface area contributed by atoms with Crippen molar-refractivity contribution in [3.63, 3.8) is 0 Å². The molecule has 1 aromatic carbocycles. The number of methoxy groups -OCH3 is 1. The summed E-state index contributed by atoms with van der Waals surface area (Å²) in [5.41, 5.74) is 1.18. The molecule has 4 rings (SSSR count). The summed E-state index contributed by atoms with van der Waals surface area (Å²) in [6, 6.07) is 9.91. The predicted molar refractivity (Wildman–Crippen MR) is 135 cm³/mol. The van der Waals surface area contributed by atoms with Crippen LogP contribution in [0, 0.1) is 0 Å². The zero-order valence-corrected chi connectivity index (χ0v) is 21.0. The highest BCUT2D eigenvalue weighted by Crippen LogP contribution is 2.25. The lowest BCUT2D eigenvalue weighted by molar-refractivity contribution is -0.118. The van der Waals surface area contributed by atoms with Crippen molar-refractivity contribution in [2.45, 2.75) is 5.16 Å². The van der Waals surface area contributed by atoms with Gasteiger partial charge in [-0.05, 0) is 24.3 Å². The van der Waals surface area contributed by atoms with Gasteiger partial charge in [-0.1, -0.05) is 23.4 Å². The molecule has 184 valence electrons. The Morgan fingerprint density at radius 2 is 1.79 bits per heavy atom. The summed E-state index contributed by atoms with van der Waals surface area (Å²) >= 11 is 7.58. The van der Waals surface area contributed by atoms with Crippen molar-refractivity contribution < 1.29 is 14.3 Å². The fraction of sp³-hybridized carbons (Fsp3) is 0.522. The summed E-state index contributed by atoms with van der Waals surface area (Å²) < 4.78 is 10.6. The molecule has 0 bridgehead atoms. The van der Waals surface area contributed by atoms with Gasteiger partial charge >= 0.3 is 0 Å². The highest BCUT2D eigenvalue weighted by molar-refractivity contribution is 7.99. The average Bonchev–Trinajstić information content (AvgIpc) is 2.88. The van der Waals surface area contributed by atoms with E-state index in [1.165, 1.54) is 17.4 Å². The van der Waals surface area contributed by atoms with Crippen molar-refractivity contribution in [2.75, 3.05) is 88.2 Å². The van der Waals surface area contributed by atoms with Gasteiger partial charge in [-0.3, -0.25) is 9.69 Å². The lowest BCUT2D eigenvalue weighted by Crippen LogP contribution is -2.46. The zero-order chi connectivity index (χ0) is 23.8. The number of carbonyl (C=O) groups is 1. The van der Waals surface area contributed by atoms with Crippen LogP contribution in [0.1, 0.15) is 0 Å². The van der Waals surface area contributed by atoms with Crippen LogP contribution in [0.5, 0.6) is 5.75 Å². The van der Waals surface area contributed by atoms with E-state index in [9.17, 15) is 4.79 Å². The molecule has 1 amide bonds. The largest absolute Gasteiger partial charge is 0.497 e. The molecule has 2 aliphatic heterocycles. The Morgan fingerprint density at radius 3 is 2.50 bits per heavy atom. The minimum atomic E-state index is -0.0310. The van der Waals surface area contributed by atoms with Gasteiger partial charge in [0.1, 0.15) is 16.7 Å². The maximum atomic E-state index is 12.3. The minimum absolute atomic E-state index is 0.0310. The second kappa shape index (κ2) is 12.4. The van der Waals surface area contributed by atoms with Crippen LogP contribution in [0.2, 0.25) is 5.15 Å². The van der Waals surface area contributed by atoms with E-state index in [2.05, 4.69) is 42.1 Å². The lowest BCUT2D eigenvalue weighted by Gasteiger charge is -2.36. The molecule has 2 aliphatic rings. The van der Waals surface area contributed by atoms with Crippen LogP contribution in [-0.2, 0) is 9.53 Å². The summed E-state index contributed by atoms with van der Waals surface area (Å²) in [5.74, 6) is 1.88. The maximum Gasteiger partial charge on any atom is 0.230 e. The Kier molecular flexibility index (Phi) is 9.09. The molecule has 2 fully saturated rings. The van der Waals surface area contributed by atoms with Gasteiger partial charge < -0.3 is 24.6 Å². The van der Waals surface area contributed by atoms with Gasteiger partial charge in [-0.2, -0.15) is 0 Å². The zero-order valence-electron chi connectivity index (χ0n) is 19.4. The van der Waals surface area contributed by atoms with Crippen LogP contribution in [0.4, 0.5) is 11.5 Å². The van der Waals surface area contributed by atoms with E-state index in [0.29, 0.717) is 16.9 Å². The van der Waals surface area contributed by atoms with Gasteiger partial charge in [0.2, 0.25) is 5.91 Å². The summed E-state index contributed by atoms with van der Waals surface area (Å²) in [4.78, 5) is 28.1. The molecule has 0 spiro atoms. The molecule has 2 saturated heterocycles. The quantitative estimate of drug-likeness (QED) is 0.312. The Labute approximate surface area is 209 Å². The SMILES string of the molecule is COc1ccc(N2CCN(c3cc(Cl)nc(SCC(=O)NCCN4CCOCC4)n3)CC2)cc1. The van der Waals surface area contributed by atoms with E-state index < -0.39 is 0 Å². The Hall–Kier alpha value is -2.27. The predicted octanol–water partition coefficient (Wildman–Crippen LogP) is 2.01. The first-order valence-corrected chi connectivity index (χ1v) is 12.9. The molecule has 3 heterocycles. The van der Waals surface area contributed by atoms with Gasteiger partial charge in [-0.25, -0.2) is 9.97 Å². The number of ether oxygens (including phenoxy) is 2. The molecule has 0 aliphatic carbocycles. The third kappa shape index (κ3) is 7.11. The molecule has 2 aromatic rings. The summed E-state index contributed by atoms with van der Waals surface area (Å²) in [6.45, 7) is 8.21. The first kappa shape index (κ1) is 24.8. The number of carbonyl (C=O) groups excluding carboxylic acids is 1. The molecular weight excluding hydrogens is 476 g/mol. The number of nitrogens with one attached hydrogen (secondary N) is 1. The van der Waals surface area contributed by atoms with Crippen LogP contribution in [0.3, 0.4) is 0 Å². The van der Waals surface area contributed by atoms with Gasteiger partial charge in [0.25, 0.3) is 0 Å². The van der Waals surface area contributed by atoms with Crippen molar-refractivity contribution in [1.29, 1.82) is 0 Å². The van der Waals surface area contributed by atoms with Crippen LogP contribution in [0.15, 0.2) is 35.5 Å². The van der Waals surface area contributed by atoms with Gasteiger partial charge in [0, 0.05) is 64.1 Å². The molecule has 9 nitrogen and oxygen atoms in total. The number of hydrogen-bond donors (Lipinski definition) is 1. The van der Waals surface area contributed by atoms with Gasteiger partial charge in [-0.15, -0.1) is 0 Å². The second-order valence-electron chi connectivity index (χ2n) is 8.10. The van der Waals surface area contributed by atoms with E-state index in [1.54, 1.807) is 13.2 Å². The van der Waals surface area contributed by atoms with Gasteiger partial charge in [0.05, 0.1) is 26.1 Å². The maximum absolute atomic E-state index is 12.3. The van der Waals surface area contributed by atoms with Crippen molar-refractivity contribution in [3.8, 4) is 5.75 Å². The number of rotatable bonds is 9. The monoisotopic (exact) mass is 506 g/mol. The highest BCUT2D eigenvalue weighted by atomic mass is 35.5. The summed E-state index contributed by atoms with van der Waals surface area (Å²) in [7, 11) is 1.67. The van der Waals surface area contributed by atoms with E-state index in [-0.39, 0.29) is 11.7 Å². The number of halogens is 1. The fourth-order valence-electron chi connectivity index (χ4n) is 3.96. The van der Waals surface area contributed by atoms with E-state index in [0.717, 1.165) is 70.6 Å². The number of aromatic nitrogens is 2. The van der Waals surface area contributed by atoms with Crippen molar-refractivity contribution in [2.24, 2.45) is 0 Å². The van der Waals surface area contributed by atoms with E-state index >= 15 is 0 Å². The van der Waals surface area contributed by atoms with Crippen LogP contribution < -0.4 is 19.9 Å². The Balaban J connectivity index is 1.24. The number of anilines is 2. The number of hydrogen-bond acceptors (Lipinski definition) is 9.